The zero-order valence-corrected chi connectivity index (χ0v) is 21.7. The second-order valence-corrected chi connectivity index (χ2v) is 11.1. The van der Waals surface area contributed by atoms with Crippen LogP contribution in [0.4, 0.5) is 0 Å². The topological polar surface area (TPSA) is 83.4 Å². The first-order valence-corrected chi connectivity index (χ1v) is 12.5. The molecule has 0 fully saturated rings. The van der Waals surface area contributed by atoms with Crippen LogP contribution in [0.2, 0.25) is 0 Å². The third kappa shape index (κ3) is 5.68. The van der Waals surface area contributed by atoms with E-state index in [1.165, 1.54) is 0 Å². The fourth-order valence-electron chi connectivity index (χ4n) is 3.62. The van der Waals surface area contributed by atoms with Crippen LogP contribution in [0.25, 0.3) is 22.2 Å². The first-order chi connectivity index (χ1) is 16.2. The molecule has 0 N–H and O–H groups in total. The number of pyridine rings is 3. The highest BCUT2D eigenvalue weighted by Crippen LogP contribution is 2.36. The van der Waals surface area contributed by atoms with Crippen molar-refractivity contribution >= 4 is 22.3 Å². The third-order valence-corrected chi connectivity index (χ3v) is 7.46. The smallest absolute Gasteiger partial charge is 0.241 e. The molecule has 0 aromatic carbocycles. The van der Waals surface area contributed by atoms with Crippen molar-refractivity contribution in [2.75, 3.05) is 20.3 Å². The Morgan fingerprint density at radius 2 is 2.03 bits per heavy atom. The van der Waals surface area contributed by atoms with Crippen LogP contribution in [0.15, 0.2) is 49.3 Å². The van der Waals surface area contributed by atoms with Gasteiger partial charge in [-0.3, -0.25) is 9.97 Å². The van der Waals surface area contributed by atoms with Gasteiger partial charge in [0.1, 0.15) is 16.0 Å². The van der Waals surface area contributed by atoms with Crippen LogP contribution in [0.3, 0.4) is 0 Å². The summed E-state index contributed by atoms with van der Waals surface area (Å²) in [5.74, 6) is 1.07. The molecule has 0 saturated heterocycles. The predicted molar refractivity (Wildman–Crippen MR) is 138 cm³/mol. The van der Waals surface area contributed by atoms with E-state index in [1.54, 1.807) is 25.6 Å². The Morgan fingerprint density at radius 3 is 2.68 bits per heavy atom. The molecular weight excluding hydrogens is 448 g/mol. The molecular formula is C26H34N4O3S. The zero-order chi connectivity index (χ0) is 24.9. The van der Waals surface area contributed by atoms with E-state index >= 15 is 0 Å². The second-order valence-electron chi connectivity index (χ2n) is 8.89. The average Bonchev–Trinajstić information content (AvgIpc) is 2.83. The number of hydrogen-bond acceptors (Lipinski definition) is 7. The summed E-state index contributed by atoms with van der Waals surface area (Å²) in [7, 11) is 1.61. The van der Waals surface area contributed by atoms with Gasteiger partial charge in [-0.1, -0.05) is 12.1 Å². The molecule has 0 saturated carbocycles. The number of hydrogen-bond donors (Lipinski definition) is 0. The van der Waals surface area contributed by atoms with Crippen molar-refractivity contribution in [3.8, 4) is 22.9 Å². The molecule has 0 spiro atoms. The molecule has 0 aliphatic carbocycles. The van der Waals surface area contributed by atoms with Gasteiger partial charge in [0.05, 0.1) is 37.3 Å². The number of fused-ring (bicyclic) bond motifs is 1. The summed E-state index contributed by atoms with van der Waals surface area (Å²) in [6.45, 7) is 14.8. The molecule has 0 bridgehead atoms. The lowest BCUT2D eigenvalue weighted by Crippen LogP contribution is -2.44. The maximum absolute atomic E-state index is 13.1. The van der Waals surface area contributed by atoms with Crippen LogP contribution < -0.4 is 9.47 Å². The molecule has 0 radical (unpaired) electrons. The largest absolute Gasteiger partial charge is 0.597 e. The van der Waals surface area contributed by atoms with Crippen LogP contribution >= 0.6 is 0 Å². The van der Waals surface area contributed by atoms with E-state index in [2.05, 4.69) is 16.5 Å². The summed E-state index contributed by atoms with van der Waals surface area (Å²) in [4.78, 5) is 13.9. The molecule has 2 unspecified atom stereocenters. The molecule has 34 heavy (non-hydrogen) atoms. The van der Waals surface area contributed by atoms with E-state index < -0.39 is 11.4 Å². The monoisotopic (exact) mass is 482 g/mol. The second kappa shape index (κ2) is 11.2. The van der Waals surface area contributed by atoms with E-state index in [0.717, 1.165) is 16.6 Å². The maximum Gasteiger partial charge on any atom is 0.241 e. The van der Waals surface area contributed by atoms with Gasteiger partial charge in [-0.25, -0.2) is 4.98 Å². The minimum Gasteiger partial charge on any atom is -0.597 e. The number of rotatable bonds is 10. The summed E-state index contributed by atoms with van der Waals surface area (Å²) in [5.41, 5.74) is 2.98. The van der Waals surface area contributed by atoms with Crippen LogP contribution in [0.1, 0.15) is 52.8 Å². The van der Waals surface area contributed by atoms with E-state index in [1.807, 2.05) is 63.2 Å². The van der Waals surface area contributed by atoms with Crippen molar-refractivity contribution in [2.24, 2.45) is 0 Å². The molecule has 3 rings (SSSR count). The standard InChI is InChI=1S/C26H34N4O3S/c1-8-10-14-33-25-24-19(12-11-13-27-24)15-22(29-25)20-16-21(28-17-23(20)32-7)18(3)30(9-2)34(31)26(4,5)6/h8,11-13,15-18H,1,9-10,14H2,2-7H3. The molecule has 0 amide bonds. The predicted octanol–water partition coefficient (Wildman–Crippen LogP) is 5.50. The minimum absolute atomic E-state index is 0.167. The number of aromatic nitrogens is 3. The summed E-state index contributed by atoms with van der Waals surface area (Å²) in [6.07, 6.45) is 5.94. The van der Waals surface area contributed by atoms with Gasteiger partial charge in [0, 0.05) is 35.1 Å². The summed E-state index contributed by atoms with van der Waals surface area (Å²) >= 11 is -1.18. The Kier molecular flexibility index (Phi) is 8.52. The van der Waals surface area contributed by atoms with Crippen LogP contribution in [0.5, 0.6) is 11.6 Å². The van der Waals surface area contributed by atoms with Gasteiger partial charge >= 0.3 is 0 Å². The highest BCUT2D eigenvalue weighted by molar-refractivity contribution is 7.90. The Bertz CT molecular complexity index is 1130. The fraction of sp³-hybridized carbons (Fsp3) is 0.423. The summed E-state index contributed by atoms with van der Waals surface area (Å²) in [5, 5.41) is 0.915. The molecule has 2 atom stereocenters. The molecule has 0 aliphatic rings. The van der Waals surface area contributed by atoms with Crippen molar-refractivity contribution in [1.82, 2.24) is 19.3 Å². The molecule has 182 valence electrons. The Labute approximate surface area is 205 Å². The van der Waals surface area contributed by atoms with Crippen LogP contribution in [0, 0.1) is 0 Å². The highest BCUT2D eigenvalue weighted by Gasteiger charge is 2.36. The zero-order valence-electron chi connectivity index (χ0n) is 20.9. The van der Waals surface area contributed by atoms with Gasteiger partial charge in [0.2, 0.25) is 5.88 Å². The van der Waals surface area contributed by atoms with E-state index in [0.29, 0.717) is 42.4 Å². The lowest BCUT2D eigenvalue weighted by atomic mass is 10.1. The van der Waals surface area contributed by atoms with Crippen molar-refractivity contribution in [1.29, 1.82) is 0 Å². The molecule has 3 heterocycles. The van der Waals surface area contributed by atoms with Crippen molar-refractivity contribution in [3.05, 3.63) is 55.0 Å². The minimum atomic E-state index is -1.18. The molecule has 8 heteroatoms. The van der Waals surface area contributed by atoms with Crippen LogP contribution in [-0.4, -0.2) is 48.8 Å². The lowest BCUT2D eigenvalue weighted by Gasteiger charge is -2.35. The molecule has 3 aromatic rings. The molecule has 0 aliphatic heterocycles. The van der Waals surface area contributed by atoms with Gasteiger partial charge in [0.25, 0.3) is 0 Å². The van der Waals surface area contributed by atoms with E-state index in [9.17, 15) is 4.55 Å². The van der Waals surface area contributed by atoms with Crippen LogP contribution in [-0.2, 0) is 11.4 Å². The van der Waals surface area contributed by atoms with Crippen molar-refractivity contribution in [2.45, 2.75) is 51.8 Å². The number of ether oxygens (including phenoxy) is 2. The Balaban J connectivity index is 2.09. The SMILES string of the molecule is C=CCCOc1nc(-c2cc(C(C)N(CC)[S+]([O-])C(C)(C)C)ncc2OC)cc2cccnc12. The fourth-order valence-corrected chi connectivity index (χ4v) is 4.95. The Hall–Kier alpha value is -2.68. The summed E-state index contributed by atoms with van der Waals surface area (Å²) < 4.78 is 26.3. The first-order valence-electron chi connectivity index (χ1n) is 11.4. The lowest BCUT2D eigenvalue weighted by molar-refractivity contribution is 0.316. The average molecular weight is 483 g/mol. The maximum atomic E-state index is 13.1. The van der Waals surface area contributed by atoms with Gasteiger partial charge in [-0.05, 0) is 59.2 Å². The third-order valence-electron chi connectivity index (χ3n) is 5.41. The van der Waals surface area contributed by atoms with Gasteiger partial charge < -0.3 is 14.0 Å². The van der Waals surface area contributed by atoms with E-state index in [4.69, 9.17) is 14.5 Å². The molecule has 3 aromatic heterocycles. The van der Waals surface area contributed by atoms with Crippen molar-refractivity contribution in [3.63, 3.8) is 0 Å². The quantitative estimate of drug-likeness (QED) is 0.214. The first kappa shape index (κ1) is 25.9. The van der Waals surface area contributed by atoms with Gasteiger partial charge in [-0.2, -0.15) is 0 Å². The number of methoxy groups -OCH3 is 1. The van der Waals surface area contributed by atoms with E-state index in [-0.39, 0.29) is 10.8 Å². The normalized spacial score (nSPS) is 13.6. The number of nitrogens with zero attached hydrogens (tertiary/aromatic N) is 4. The summed E-state index contributed by atoms with van der Waals surface area (Å²) in [6, 6.07) is 7.64. The molecule has 7 nitrogen and oxygen atoms in total. The van der Waals surface area contributed by atoms with Crippen molar-refractivity contribution < 1.29 is 14.0 Å². The van der Waals surface area contributed by atoms with Gasteiger partial charge in [-0.15, -0.1) is 10.9 Å². The van der Waals surface area contributed by atoms with Gasteiger partial charge in [0.15, 0.2) is 0 Å². The Morgan fingerprint density at radius 1 is 1.26 bits per heavy atom. The highest BCUT2D eigenvalue weighted by atomic mass is 32.2.